The van der Waals surface area contributed by atoms with Gasteiger partial charge in [0.1, 0.15) is 0 Å². The fourth-order valence-corrected chi connectivity index (χ4v) is 3.25. The van der Waals surface area contributed by atoms with E-state index < -0.39 is 0 Å². The van der Waals surface area contributed by atoms with Crippen molar-refractivity contribution in [3.63, 3.8) is 0 Å². The summed E-state index contributed by atoms with van der Waals surface area (Å²) in [4.78, 5) is 4.31. The van der Waals surface area contributed by atoms with Crippen LogP contribution >= 0.6 is 35.0 Å². The Labute approximate surface area is 176 Å². The Hall–Kier alpha value is -2.42. The first-order valence-corrected chi connectivity index (χ1v) is 10.0. The number of phenols is 1. The molecule has 0 bridgehead atoms. The van der Waals surface area contributed by atoms with Gasteiger partial charge in [-0.15, -0.1) is 5.10 Å². The molecule has 28 heavy (non-hydrogen) atoms. The molecular weight excluding hydrogens is 421 g/mol. The standard InChI is InChI=1S/C18H17Cl2N5O2S/c1-2-27-16-8-11(4-6-15(16)26)9-21-23-17-22-18(25-24-17)28-10-12-3-5-13(19)14(20)7-12/h3-9,26H,2,10H2,1H3,(H2,22,23,24,25)/b21-9-. The second-order valence-corrected chi connectivity index (χ2v) is 7.29. The van der Waals surface area contributed by atoms with Crippen LogP contribution in [0.15, 0.2) is 46.7 Å². The number of aromatic amines is 1. The van der Waals surface area contributed by atoms with Crippen LogP contribution in [0.3, 0.4) is 0 Å². The van der Waals surface area contributed by atoms with E-state index in [1.54, 1.807) is 30.5 Å². The fraction of sp³-hybridized carbons (Fsp3) is 0.167. The van der Waals surface area contributed by atoms with Crippen molar-refractivity contribution in [2.45, 2.75) is 17.8 Å². The highest BCUT2D eigenvalue weighted by molar-refractivity contribution is 7.98. The van der Waals surface area contributed by atoms with Gasteiger partial charge in [-0.3, -0.25) is 0 Å². The molecule has 3 rings (SSSR count). The topological polar surface area (TPSA) is 95.4 Å². The van der Waals surface area contributed by atoms with Gasteiger partial charge in [0.15, 0.2) is 11.5 Å². The first kappa shape index (κ1) is 20.3. The molecule has 0 atom stereocenters. The number of aromatic nitrogens is 3. The number of phenolic OH excluding ortho intramolecular Hbond substituents is 1. The number of hydrogen-bond donors (Lipinski definition) is 3. The molecule has 0 saturated carbocycles. The van der Waals surface area contributed by atoms with Crippen LogP contribution in [0.2, 0.25) is 10.0 Å². The molecule has 10 heteroatoms. The van der Waals surface area contributed by atoms with Crippen LogP contribution in [-0.4, -0.2) is 33.1 Å². The van der Waals surface area contributed by atoms with E-state index >= 15 is 0 Å². The molecule has 146 valence electrons. The van der Waals surface area contributed by atoms with Crippen molar-refractivity contribution in [1.82, 2.24) is 15.2 Å². The highest BCUT2D eigenvalue weighted by atomic mass is 35.5. The zero-order chi connectivity index (χ0) is 19.9. The second-order valence-electron chi connectivity index (χ2n) is 5.53. The zero-order valence-corrected chi connectivity index (χ0v) is 17.1. The van der Waals surface area contributed by atoms with Gasteiger partial charge in [0.05, 0.1) is 22.9 Å². The van der Waals surface area contributed by atoms with E-state index in [1.807, 2.05) is 19.1 Å². The summed E-state index contributed by atoms with van der Waals surface area (Å²) in [5.41, 5.74) is 4.57. The minimum Gasteiger partial charge on any atom is -0.504 e. The van der Waals surface area contributed by atoms with Gasteiger partial charge in [-0.25, -0.2) is 10.5 Å². The van der Waals surface area contributed by atoms with Crippen molar-refractivity contribution < 1.29 is 9.84 Å². The maximum atomic E-state index is 9.71. The number of rotatable bonds is 8. The summed E-state index contributed by atoms with van der Waals surface area (Å²) in [6.45, 7) is 2.32. The van der Waals surface area contributed by atoms with Crippen molar-refractivity contribution in [3.8, 4) is 11.5 Å². The zero-order valence-electron chi connectivity index (χ0n) is 14.8. The molecular formula is C18H17Cl2N5O2S. The maximum absolute atomic E-state index is 9.71. The number of thioether (sulfide) groups is 1. The Morgan fingerprint density at radius 3 is 2.89 bits per heavy atom. The number of ether oxygens (including phenoxy) is 1. The summed E-state index contributed by atoms with van der Waals surface area (Å²) in [7, 11) is 0. The average molecular weight is 438 g/mol. The lowest BCUT2D eigenvalue weighted by Crippen LogP contribution is -1.95. The third-order valence-corrected chi connectivity index (χ3v) is 5.14. The molecule has 0 aliphatic rings. The molecule has 0 amide bonds. The maximum Gasteiger partial charge on any atom is 0.240 e. The molecule has 0 aliphatic carbocycles. The highest BCUT2D eigenvalue weighted by Gasteiger charge is 2.06. The van der Waals surface area contributed by atoms with E-state index in [4.69, 9.17) is 27.9 Å². The molecule has 0 saturated heterocycles. The smallest absolute Gasteiger partial charge is 0.240 e. The number of nitrogens with one attached hydrogen (secondary N) is 2. The highest BCUT2D eigenvalue weighted by Crippen LogP contribution is 2.27. The molecule has 7 nitrogen and oxygen atoms in total. The lowest BCUT2D eigenvalue weighted by molar-refractivity contribution is 0.318. The van der Waals surface area contributed by atoms with Gasteiger partial charge in [-0.1, -0.05) is 41.0 Å². The fourth-order valence-electron chi connectivity index (χ4n) is 2.19. The molecule has 1 heterocycles. The predicted octanol–water partition coefficient (Wildman–Crippen LogP) is 4.95. The molecule has 0 spiro atoms. The van der Waals surface area contributed by atoms with E-state index in [9.17, 15) is 5.11 Å². The molecule has 0 fully saturated rings. The molecule has 1 aromatic heterocycles. The average Bonchev–Trinajstić information content (AvgIpc) is 3.13. The van der Waals surface area contributed by atoms with Crippen molar-refractivity contribution in [2.75, 3.05) is 12.0 Å². The van der Waals surface area contributed by atoms with E-state index in [2.05, 4.69) is 25.7 Å². The minimum atomic E-state index is 0.0887. The van der Waals surface area contributed by atoms with E-state index in [0.717, 1.165) is 11.1 Å². The van der Waals surface area contributed by atoms with Crippen molar-refractivity contribution in [3.05, 3.63) is 57.6 Å². The van der Waals surface area contributed by atoms with Crippen LogP contribution < -0.4 is 10.2 Å². The van der Waals surface area contributed by atoms with Crippen LogP contribution in [0.25, 0.3) is 0 Å². The van der Waals surface area contributed by atoms with Gasteiger partial charge in [0.25, 0.3) is 0 Å². The summed E-state index contributed by atoms with van der Waals surface area (Å²) in [5.74, 6) is 1.57. The molecule has 0 aliphatic heterocycles. The van der Waals surface area contributed by atoms with Crippen LogP contribution in [0.1, 0.15) is 18.1 Å². The van der Waals surface area contributed by atoms with Crippen LogP contribution in [0.4, 0.5) is 5.95 Å². The first-order valence-electron chi connectivity index (χ1n) is 8.29. The third kappa shape index (κ3) is 5.54. The summed E-state index contributed by atoms with van der Waals surface area (Å²) < 4.78 is 5.34. The van der Waals surface area contributed by atoms with Crippen LogP contribution in [0, 0.1) is 0 Å². The Kier molecular flexibility index (Phi) is 7.02. The van der Waals surface area contributed by atoms with E-state index in [0.29, 0.717) is 39.3 Å². The largest absolute Gasteiger partial charge is 0.504 e. The summed E-state index contributed by atoms with van der Waals surface area (Å²) in [5, 5.41) is 22.3. The van der Waals surface area contributed by atoms with Gasteiger partial charge in [0.2, 0.25) is 11.1 Å². The number of halogens is 2. The summed E-state index contributed by atoms with van der Waals surface area (Å²) in [6, 6.07) is 10.5. The Bertz CT molecular complexity index is 980. The SMILES string of the molecule is CCOc1cc(/C=N\Nc2nc(SCc3ccc(Cl)c(Cl)c3)n[nH]2)ccc1O. The number of anilines is 1. The molecule has 0 unspecified atom stereocenters. The third-order valence-electron chi connectivity index (χ3n) is 3.48. The van der Waals surface area contributed by atoms with E-state index in [-0.39, 0.29) is 5.75 Å². The van der Waals surface area contributed by atoms with Crippen LogP contribution in [-0.2, 0) is 5.75 Å². The quantitative estimate of drug-likeness (QED) is 0.262. The Morgan fingerprint density at radius 2 is 2.11 bits per heavy atom. The molecule has 3 aromatic rings. The normalized spacial score (nSPS) is 11.1. The van der Waals surface area contributed by atoms with Gasteiger partial charge in [-0.05, 0) is 48.4 Å². The van der Waals surface area contributed by atoms with Gasteiger partial charge >= 0.3 is 0 Å². The second kappa shape index (κ2) is 9.68. The number of aromatic hydroxyl groups is 1. The lowest BCUT2D eigenvalue weighted by Gasteiger charge is -2.05. The van der Waals surface area contributed by atoms with Crippen molar-refractivity contribution in [1.29, 1.82) is 0 Å². The summed E-state index contributed by atoms with van der Waals surface area (Å²) >= 11 is 13.4. The van der Waals surface area contributed by atoms with Crippen molar-refractivity contribution in [2.24, 2.45) is 5.10 Å². The monoisotopic (exact) mass is 437 g/mol. The lowest BCUT2D eigenvalue weighted by atomic mass is 10.2. The van der Waals surface area contributed by atoms with Gasteiger partial charge < -0.3 is 9.84 Å². The predicted molar refractivity (Wildman–Crippen MR) is 113 cm³/mol. The molecule has 0 radical (unpaired) electrons. The number of hydrogen-bond acceptors (Lipinski definition) is 7. The summed E-state index contributed by atoms with van der Waals surface area (Å²) in [6.07, 6.45) is 1.59. The number of nitrogens with zero attached hydrogens (tertiary/aromatic N) is 3. The number of H-pyrrole nitrogens is 1. The van der Waals surface area contributed by atoms with Crippen LogP contribution in [0.5, 0.6) is 11.5 Å². The van der Waals surface area contributed by atoms with Gasteiger partial charge in [-0.2, -0.15) is 10.1 Å². The van der Waals surface area contributed by atoms with Gasteiger partial charge in [0, 0.05) is 5.75 Å². The first-order chi connectivity index (χ1) is 13.5. The number of hydrazone groups is 1. The van der Waals surface area contributed by atoms with E-state index in [1.165, 1.54) is 11.8 Å². The Balaban J connectivity index is 1.55. The van der Waals surface area contributed by atoms with Crippen molar-refractivity contribution >= 4 is 47.1 Å². The number of benzene rings is 2. The molecule has 2 aromatic carbocycles. The molecule has 3 N–H and O–H groups in total. The minimum absolute atomic E-state index is 0.0887. The Morgan fingerprint density at radius 1 is 1.25 bits per heavy atom.